The van der Waals surface area contributed by atoms with Gasteiger partial charge in [-0.05, 0) is 61.4 Å². The molecule has 0 aliphatic carbocycles. The molecule has 1 amide bonds. The Morgan fingerprint density at radius 2 is 1.80 bits per heavy atom. The highest BCUT2D eigenvalue weighted by Gasteiger charge is 2.23. The summed E-state index contributed by atoms with van der Waals surface area (Å²) in [6, 6.07) is 10.6. The van der Waals surface area contributed by atoms with Gasteiger partial charge in [0, 0.05) is 31.4 Å². The van der Waals surface area contributed by atoms with Gasteiger partial charge in [-0.1, -0.05) is 12.1 Å². The van der Waals surface area contributed by atoms with Gasteiger partial charge in [-0.2, -0.15) is 10.2 Å². The number of aryl methyl sites for hydroxylation is 1. The van der Waals surface area contributed by atoms with Crippen molar-refractivity contribution in [2.24, 2.45) is 5.92 Å². The van der Waals surface area contributed by atoms with E-state index < -0.39 is 18.4 Å². The molecule has 1 aromatic carbocycles. The lowest BCUT2D eigenvalue weighted by molar-refractivity contribution is -0.135. The van der Waals surface area contributed by atoms with Crippen LogP contribution < -0.4 is 10.2 Å². The van der Waals surface area contributed by atoms with Crippen molar-refractivity contribution < 1.29 is 19.8 Å². The fraction of sp³-hybridized carbons (Fsp3) is 0.360. The third kappa shape index (κ3) is 6.28. The molecule has 0 unspecified atom stereocenters. The monoisotopic (exact) mass is 476 g/mol. The molecular formula is C25H28N6O4. The predicted molar refractivity (Wildman–Crippen MR) is 128 cm³/mol. The minimum atomic E-state index is -1.17. The molecular weight excluding hydrogens is 448 g/mol. The molecule has 3 heterocycles. The maximum absolute atomic E-state index is 12.3. The summed E-state index contributed by atoms with van der Waals surface area (Å²) in [5.74, 6) is -1.39. The van der Waals surface area contributed by atoms with Gasteiger partial charge in [0.2, 0.25) is 0 Å². The number of aromatic hydroxyl groups is 1. The normalized spacial score (nSPS) is 14.0. The number of anilines is 1. The third-order valence-electron chi connectivity index (χ3n) is 6.16. The number of carboxylic acid groups (broad SMARTS) is 1. The highest BCUT2D eigenvalue weighted by Crippen LogP contribution is 2.27. The highest BCUT2D eigenvalue weighted by molar-refractivity contribution is 5.96. The zero-order valence-electron chi connectivity index (χ0n) is 19.5. The maximum atomic E-state index is 12.3. The van der Waals surface area contributed by atoms with Crippen LogP contribution in [0.5, 0.6) is 5.75 Å². The fourth-order valence-electron chi connectivity index (χ4n) is 4.25. The van der Waals surface area contributed by atoms with Crippen molar-refractivity contribution in [3.63, 3.8) is 0 Å². The van der Waals surface area contributed by atoms with Crippen LogP contribution in [-0.2, 0) is 17.6 Å². The zero-order valence-corrected chi connectivity index (χ0v) is 19.5. The number of aliphatic carboxylic acids is 1. The van der Waals surface area contributed by atoms with E-state index in [0.717, 1.165) is 37.9 Å². The molecule has 35 heavy (non-hydrogen) atoms. The summed E-state index contributed by atoms with van der Waals surface area (Å²) in [6.45, 7) is 2.87. The van der Waals surface area contributed by atoms with Crippen molar-refractivity contribution in [3.8, 4) is 5.75 Å². The van der Waals surface area contributed by atoms with Crippen LogP contribution in [0.15, 0.2) is 42.7 Å². The standard InChI is InChI=1S/C25H28N6O4/c1-16-24(34)23(25(35)26-15-22(32)33)30-21(29-16)13-18-7-10-31(11-8-18)20-4-2-17(3-5-20)12-19-6-9-27-28-14-19/h2-6,9,14,18,34H,7-8,10-13,15H2,1H3,(H,26,35)(H,32,33). The van der Waals surface area contributed by atoms with E-state index >= 15 is 0 Å². The number of hydrogen-bond donors (Lipinski definition) is 3. The largest absolute Gasteiger partial charge is 0.504 e. The fourth-order valence-corrected chi connectivity index (χ4v) is 4.25. The summed E-state index contributed by atoms with van der Waals surface area (Å²) >= 11 is 0. The molecule has 3 N–H and O–H groups in total. The lowest BCUT2D eigenvalue weighted by atomic mass is 9.92. The number of benzene rings is 1. The number of piperidine rings is 1. The van der Waals surface area contributed by atoms with Crippen LogP contribution in [0.25, 0.3) is 0 Å². The summed E-state index contributed by atoms with van der Waals surface area (Å²) in [7, 11) is 0. The van der Waals surface area contributed by atoms with Crippen LogP contribution >= 0.6 is 0 Å². The highest BCUT2D eigenvalue weighted by atomic mass is 16.4. The Hall–Kier alpha value is -4.08. The molecule has 0 atom stereocenters. The van der Waals surface area contributed by atoms with Crippen molar-refractivity contribution in [1.82, 2.24) is 25.5 Å². The maximum Gasteiger partial charge on any atom is 0.322 e. The first-order valence-electron chi connectivity index (χ1n) is 11.5. The van der Waals surface area contributed by atoms with Gasteiger partial charge in [-0.25, -0.2) is 9.97 Å². The number of aromatic nitrogens is 4. The Balaban J connectivity index is 1.33. The van der Waals surface area contributed by atoms with Gasteiger partial charge in [-0.15, -0.1) is 0 Å². The molecule has 1 aliphatic rings. The average Bonchev–Trinajstić information content (AvgIpc) is 2.86. The number of nitrogens with zero attached hydrogens (tertiary/aromatic N) is 5. The summed E-state index contributed by atoms with van der Waals surface area (Å²) in [4.78, 5) is 33.9. The van der Waals surface area contributed by atoms with Crippen LogP contribution in [0, 0.1) is 12.8 Å². The minimum absolute atomic E-state index is 0.186. The molecule has 1 fully saturated rings. The van der Waals surface area contributed by atoms with Crippen LogP contribution in [0.4, 0.5) is 5.69 Å². The van der Waals surface area contributed by atoms with Crippen LogP contribution in [-0.4, -0.2) is 61.9 Å². The minimum Gasteiger partial charge on any atom is -0.504 e. The van der Waals surface area contributed by atoms with Gasteiger partial charge in [-0.3, -0.25) is 9.59 Å². The van der Waals surface area contributed by atoms with Crippen LogP contribution in [0.1, 0.15) is 46.0 Å². The first-order chi connectivity index (χ1) is 16.9. The van der Waals surface area contributed by atoms with Crippen LogP contribution in [0.2, 0.25) is 0 Å². The SMILES string of the molecule is Cc1nc(CC2CCN(c3ccc(Cc4ccnnc4)cc3)CC2)nc(C(=O)NCC(=O)O)c1O. The predicted octanol–water partition coefficient (Wildman–Crippen LogP) is 2.14. The number of rotatable bonds is 8. The molecule has 2 aromatic heterocycles. The molecule has 1 aliphatic heterocycles. The number of carbonyl (C=O) groups excluding carboxylic acids is 1. The average molecular weight is 477 g/mol. The van der Waals surface area contributed by atoms with E-state index in [1.54, 1.807) is 19.3 Å². The van der Waals surface area contributed by atoms with Gasteiger partial charge >= 0.3 is 5.97 Å². The van der Waals surface area contributed by atoms with E-state index in [-0.39, 0.29) is 11.4 Å². The van der Waals surface area contributed by atoms with E-state index in [4.69, 9.17) is 5.11 Å². The van der Waals surface area contributed by atoms with Crippen molar-refractivity contribution in [2.45, 2.75) is 32.6 Å². The van der Waals surface area contributed by atoms with Crippen molar-refractivity contribution in [2.75, 3.05) is 24.5 Å². The van der Waals surface area contributed by atoms with Crippen molar-refractivity contribution in [3.05, 3.63) is 71.1 Å². The molecule has 1 saturated heterocycles. The molecule has 10 nitrogen and oxygen atoms in total. The zero-order chi connectivity index (χ0) is 24.8. The smallest absolute Gasteiger partial charge is 0.322 e. The van der Waals surface area contributed by atoms with E-state index in [1.807, 2.05) is 6.07 Å². The number of carbonyl (C=O) groups is 2. The Kier molecular flexibility index (Phi) is 7.49. The molecule has 182 valence electrons. The van der Waals surface area contributed by atoms with E-state index in [0.29, 0.717) is 23.9 Å². The lowest BCUT2D eigenvalue weighted by Gasteiger charge is -2.33. The molecule has 0 radical (unpaired) electrons. The first-order valence-corrected chi connectivity index (χ1v) is 11.5. The van der Waals surface area contributed by atoms with E-state index in [9.17, 15) is 14.7 Å². The van der Waals surface area contributed by atoms with Crippen LogP contribution in [0.3, 0.4) is 0 Å². The summed E-state index contributed by atoms with van der Waals surface area (Å²) in [5, 5.41) is 28.9. The molecule has 3 aromatic rings. The lowest BCUT2D eigenvalue weighted by Crippen LogP contribution is -2.34. The number of amides is 1. The molecule has 0 bridgehead atoms. The number of carboxylic acids is 1. The third-order valence-corrected chi connectivity index (χ3v) is 6.16. The van der Waals surface area contributed by atoms with Gasteiger partial charge in [0.1, 0.15) is 12.4 Å². The summed E-state index contributed by atoms with van der Waals surface area (Å²) in [6.07, 6.45) is 6.80. The van der Waals surface area contributed by atoms with Crippen molar-refractivity contribution in [1.29, 1.82) is 0 Å². The topological polar surface area (TPSA) is 141 Å². The number of nitrogens with one attached hydrogen (secondary N) is 1. The molecule has 0 saturated carbocycles. The summed E-state index contributed by atoms with van der Waals surface area (Å²) in [5.41, 5.74) is 3.65. The van der Waals surface area contributed by atoms with Gasteiger partial charge < -0.3 is 20.4 Å². The van der Waals surface area contributed by atoms with Gasteiger partial charge in [0.25, 0.3) is 5.91 Å². The Morgan fingerprint density at radius 3 is 2.46 bits per heavy atom. The first kappa shape index (κ1) is 24.1. The second-order valence-corrected chi connectivity index (χ2v) is 8.73. The van der Waals surface area contributed by atoms with E-state index in [1.165, 1.54) is 11.3 Å². The van der Waals surface area contributed by atoms with E-state index in [2.05, 4.69) is 54.6 Å². The quantitative estimate of drug-likeness (QED) is 0.446. The Bertz CT molecular complexity index is 1180. The van der Waals surface area contributed by atoms with Gasteiger partial charge in [0.05, 0.1) is 11.9 Å². The second-order valence-electron chi connectivity index (χ2n) is 8.73. The Morgan fingerprint density at radius 1 is 1.06 bits per heavy atom. The summed E-state index contributed by atoms with van der Waals surface area (Å²) < 4.78 is 0. The number of hydrogen-bond acceptors (Lipinski definition) is 8. The Labute approximate surface area is 203 Å². The molecule has 4 rings (SSSR count). The molecule has 10 heteroatoms. The van der Waals surface area contributed by atoms with Gasteiger partial charge in [0.15, 0.2) is 11.4 Å². The molecule has 0 spiro atoms. The second kappa shape index (κ2) is 10.9. The van der Waals surface area contributed by atoms with Crippen molar-refractivity contribution >= 4 is 17.6 Å².